The predicted molar refractivity (Wildman–Crippen MR) is 122 cm³/mol. The van der Waals surface area contributed by atoms with Crippen molar-refractivity contribution in [1.82, 2.24) is 14.9 Å². The van der Waals surface area contributed by atoms with Crippen LogP contribution in [-0.4, -0.2) is 46.9 Å². The number of aromatic nitrogens is 2. The smallest absolute Gasteiger partial charge is 0.405 e. The van der Waals surface area contributed by atoms with Crippen molar-refractivity contribution in [2.24, 2.45) is 5.92 Å². The summed E-state index contributed by atoms with van der Waals surface area (Å²) in [5.74, 6) is 1.14. The molecule has 33 heavy (non-hydrogen) atoms. The molecular weight excluding hydrogens is 433 g/mol. The van der Waals surface area contributed by atoms with Gasteiger partial charge >= 0.3 is 6.36 Å². The third-order valence-corrected chi connectivity index (χ3v) is 6.48. The number of hydrogen-bond acceptors (Lipinski definition) is 7. The van der Waals surface area contributed by atoms with Crippen LogP contribution in [0.2, 0.25) is 0 Å². The molecule has 4 rings (SSSR count). The lowest BCUT2D eigenvalue weighted by Crippen LogP contribution is -2.37. The molecule has 1 aliphatic heterocycles. The van der Waals surface area contributed by atoms with Crippen molar-refractivity contribution in [2.45, 2.75) is 57.5 Å². The predicted octanol–water partition coefficient (Wildman–Crippen LogP) is 4.64. The number of nitrogens with zero attached hydrogens (tertiary/aromatic N) is 3. The SMILES string of the molecule is Nc1cnc(NCc2ccccc2OC(F)(F)F)nc1NC[C@H]1CC[C@H](N2CCCC2)CC1. The number of nitrogens with two attached hydrogens (primary N) is 1. The number of anilines is 3. The first-order valence-electron chi connectivity index (χ1n) is 11.6. The van der Waals surface area contributed by atoms with Gasteiger partial charge in [0.15, 0.2) is 5.82 Å². The van der Waals surface area contributed by atoms with Crippen LogP contribution in [0.25, 0.3) is 0 Å². The number of alkyl halides is 3. The molecular formula is C23H31F3N6O. The fraction of sp³-hybridized carbons (Fsp3) is 0.565. The van der Waals surface area contributed by atoms with Gasteiger partial charge in [0.2, 0.25) is 5.95 Å². The van der Waals surface area contributed by atoms with Gasteiger partial charge in [-0.05, 0) is 63.6 Å². The number of para-hydroxylation sites is 1. The van der Waals surface area contributed by atoms with E-state index in [4.69, 9.17) is 5.73 Å². The highest BCUT2D eigenvalue weighted by Crippen LogP contribution is 2.30. The molecule has 2 aliphatic rings. The summed E-state index contributed by atoms with van der Waals surface area (Å²) >= 11 is 0. The van der Waals surface area contributed by atoms with Crippen LogP contribution >= 0.6 is 0 Å². The molecule has 0 spiro atoms. The Morgan fingerprint density at radius 1 is 1.06 bits per heavy atom. The van der Waals surface area contributed by atoms with Crippen molar-refractivity contribution in [3.8, 4) is 5.75 Å². The van der Waals surface area contributed by atoms with Crippen molar-refractivity contribution >= 4 is 17.5 Å². The number of halogens is 3. The largest absolute Gasteiger partial charge is 0.573 e. The highest BCUT2D eigenvalue weighted by Gasteiger charge is 2.32. The maximum absolute atomic E-state index is 12.6. The molecule has 0 bridgehead atoms. The quantitative estimate of drug-likeness (QED) is 0.525. The number of likely N-dealkylation sites (tertiary alicyclic amines) is 1. The molecule has 0 atom stereocenters. The molecule has 180 valence electrons. The van der Waals surface area contributed by atoms with E-state index in [2.05, 4.69) is 30.2 Å². The van der Waals surface area contributed by atoms with Crippen molar-refractivity contribution < 1.29 is 17.9 Å². The van der Waals surface area contributed by atoms with E-state index in [0.29, 0.717) is 23.0 Å². The molecule has 2 fully saturated rings. The molecule has 1 aliphatic carbocycles. The molecule has 0 radical (unpaired) electrons. The molecule has 0 unspecified atom stereocenters. The number of nitrogens with one attached hydrogen (secondary N) is 2. The Morgan fingerprint density at radius 2 is 1.79 bits per heavy atom. The molecule has 1 aromatic carbocycles. The number of nitrogen functional groups attached to an aromatic ring is 1. The van der Waals surface area contributed by atoms with Gasteiger partial charge in [0, 0.05) is 24.7 Å². The zero-order valence-corrected chi connectivity index (χ0v) is 18.6. The normalized spacial score (nSPS) is 21.7. The standard InChI is InChI=1S/C23H31F3N6O/c24-23(25,26)33-20-6-2-1-5-17(20)14-29-22-30-15-19(27)21(31-22)28-13-16-7-9-18(10-8-16)32-11-3-4-12-32/h1-2,5-6,15-16,18H,3-4,7-14,27H2,(H2,28,29,30,31)/t16-,18-. The summed E-state index contributed by atoms with van der Waals surface area (Å²) in [4.78, 5) is 11.2. The summed E-state index contributed by atoms with van der Waals surface area (Å²) in [5.41, 5.74) is 6.83. The molecule has 2 heterocycles. The first-order valence-corrected chi connectivity index (χ1v) is 11.6. The van der Waals surface area contributed by atoms with Crippen molar-refractivity contribution in [3.63, 3.8) is 0 Å². The van der Waals surface area contributed by atoms with Crippen LogP contribution in [-0.2, 0) is 6.54 Å². The molecule has 4 N–H and O–H groups in total. The van der Waals surface area contributed by atoms with Crippen molar-refractivity contribution in [3.05, 3.63) is 36.0 Å². The molecule has 1 saturated carbocycles. The van der Waals surface area contributed by atoms with E-state index in [-0.39, 0.29) is 18.2 Å². The van der Waals surface area contributed by atoms with E-state index in [0.717, 1.165) is 12.6 Å². The van der Waals surface area contributed by atoms with Crippen LogP contribution < -0.4 is 21.1 Å². The third-order valence-electron chi connectivity index (χ3n) is 6.48. The second-order valence-electron chi connectivity index (χ2n) is 8.81. The maximum atomic E-state index is 12.6. The molecule has 10 heteroatoms. The Morgan fingerprint density at radius 3 is 2.52 bits per heavy atom. The van der Waals surface area contributed by atoms with Crippen LogP contribution in [0, 0.1) is 5.92 Å². The fourth-order valence-corrected chi connectivity index (χ4v) is 4.73. The summed E-state index contributed by atoms with van der Waals surface area (Å²) < 4.78 is 42.0. The highest BCUT2D eigenvalue weighted by atomic mass is 19.4. The van der Waals surface area contributed by atoms with Gasteiger partial charge in [-0.15, -0.1) is 13.2 Å². The second kappa shape index (κ2) is 10.5. The minimum atomic E-state index is -4.75. The average Bonchev–Trinajstić information content (AvgIpc) is 3.33. The number of benzene rings is 1. The van der Waals surface area contributed by atoms with E-state index >= 15 is 0 Å². The van der Waals surface area contributed by atoms with Gasteiger partial charge in [-0.1, -0.05) is 18.2 Å². The van der Waals surface area contributed by atoms with E-state index in [1.54, 1.807) is 12.1 Å². The molecule has 2 aromatic rings. The van der Waals surface area contributed by atoms with Gasteiger partial charge in [-0.3, -0.25) is 0 Å². The first-order chi connectivity index (χ1) is 15.9. The monoisotopic (exact) mass is 464 g/mol. The summed E-state index contributed by atoms with van der Waals surface area (Å²) in [6.07, 6.45) is 4.23. The van der Waals surface area contributed by atoms with Crippen LogP contribution in [0.4, 0.5) is 30.6 Å². The third kappa shape index (κ3) is 6.63. The lowest BCUT2D eigenvalue weighted by Gasteiger charge is -2.34. The zero-order chi connectivity index (χ0) is 23.3. The first kappa shape index (κ1) is 23.4. The minimum Gasteiger partial charge on any atom is -0.405 e. The second-order valence-corrected chi connectivity index (χ2v) is 8.81. The highest BCUT2D eigenvalue weighted by molar-refractivity contribution is 5.61. The Balaban J connectivity index is 1.30. The van der Waals surface area contributed by atoms with E-state index in [1.807, 2.05) is 0 Å². The number of rotatable bonds is 8. The summed E-state index contributed by atoms with van der Waals surface area (Å²) in [6.45, 7) is 3.35. The Labute approximate surface area is 191 Å². The summed E-state index contributed by atoms with van der Waals surface area (Å²) in [7, 11) is 0. The van der Waals surface area contributed by atoms with E-state index in [1.165, 1.54) is 69.9 Å². The van der Waals surface area contributed by atoms with Gasteiger partial charge in [-0.2, -0.15) is 4.98 Å². The Kier molecular flexibility index (Phi) is 7.42. The lowest BCUT2D eigenvalue weighted by molar-refractivity contribution is -0.274. The number of hydrogen-bond donors (Lipinski definition) is 3. The van der Waals surface area contributed by atoms with Gasteiger partial charge in [0.05, 0.1) is 11.9 Å². The summed E-state index contributed by atoms with van der Waals surface area (Å²) in [5, 5.41) is 6.30. The van der Waals surface area contributed by atoms with Gasteiger partial charge in [0.25, 0.3) is 0 Å². The molecule has 1 saturated heterocycles. The van der Waals surface area contributed by atoms with Gasteiger partial charge in [-0.25, -0.2) is 4.98 Å². The Hall–Kier alpha value is -2.75. The van der Waals surface area contributed by atoms with Crippen molar-refractivity contribution in [1.29, 1.82) is 0 Å². The minimum absolute atomic E-state index is 0.0795. The van der Waals surface area contributed by atoms with Crippen LogP contribution in [0.1, 0.15) is 44.1 Å². The molecule has 0 amide bonds. The van der Waals surface area contributed by atoms with Crippen molar-refractivity contribution in [2.75, 3.05) is 36.0 Å². The average molecular weight is 465 g/mol. The van der Waals surface area contributed by atoms with Crippen LogP contribution in [0.5, 0.6) is 5.75 Å². The van der Waals surface area contributed by atoms with Crippen LogP contribution in [0.15, 0.2) is 30.5 Å². The topological polar surface area (TPSA) is 88.3 Å². The number of ether oxygens (including phenoxy) is 1. The van der Waals surface area contributed by atoms with Crippen LogP contribution in [0.3, 0.4) is 0 Å². The van der Waals surface area contributed by atoms with Gasteiger partial charge < -0.3 is 26.0 Å². The lowest BCUT2D eigenvalue weighted by atomic mass is 9.85. The zero-order valence-electron chi connectivity index (χ0n) is 18.6. The van der Waals surface area contributed by atoms with Gasteiger partial charge in [0.1, 0.15) is 5.75 Å². The Bertz CT molecular complexity index is 911. The molecule has 7 nitrogen and oxygen atoms in total. The summed E-state index contributed by atoms with van der Waals surface area (Å²) in [6, 6.07) is 6.70. The fourth-order valence-electron chi connectivity index (χ4n) is 4.73. The van der Waals surface area contributed by atoms with E-state index < -0.39 is 6.36 Å². The maximum Gasteiger partial charge on any atom is 0.573 e. The van der Waals surface area contributed by atoms with E-state index in [9.17, 15) is 13.2 Å². The molecule has 1 aromatic heterocycles.